The molecule has 0 saturated heterocycles. The zero-order chi connectivity index (χ0) is 15.4. The highest BCUT2D eigenvalue weighted by Gasteiger charge is 2.01. The number of nitrogens with one attached hydrogen (secondary N) is 1. The van der Waals surface area contributed by atoms with Crippen LogP contribution in [-0.2, 0) is 0 Å². The van der Waals surface area contributed by atoms with Gasteiger partial charge >= 0.3 is 0 Å². The molecule has 5 nitrogen and oxygen atoms in total. The molecule has 0 fully saturated rings. The highest BCUT2D eigenvalue weighted by atomic mass is 32.2. The average Bonchev–Trinajstić information content (AvgIpc) is 2.49. The van der Waals surface area contributed by atoms with Crippen molar-refractivity contribution in [3.8, 4) is 0 Å². The van der Waals surface area contributed by atoms with Crippen LogP contribution in [0.15, 0.2) is 64.6 Å². The van der Waals surface area contributed by atoms with Crippen LogP contribution in [-0.4, -0.2) is 15.0 Å². The highest BCUT2D eigenvalue weighted by Crippen LogP contribution is 2.28. The minimum Gasteiger partial charge on any atom is -0.368 e. The Morgan fingerprint density at radius 3 is 2.55 bits per heavy atom. The SMILES string of the molecule is Cc1cc(Nc2ccc(Sc3cccnc3)cc2)nc(N)n1. The Bertz CT molecular complexity index is 739. The van der Waals surface area contributed by atoms with E-state index >= 15 is 0 Å². The minimum atomic E-state index is 0.270. The number of benzene rings is 1. The molecule has 1 aromatic carbocycles. The maximum Gasteiger partial charge on any atom is 0.222 e. The van der Waals surface area contributed by atoms with E-state index in [9.17, 15) is 0 Å². The fraction of sp³-hybridized carbons (Fsp3) is 0.0625. The van der Waals surface area contributed by atoms with E-state index in [1.807, 2.05) is 43.5 Å². The zero-order valence-electron chi connectivity index (χ0n) is 12.0. The molecule has 3 rings (SSSR count). The first kappa shape index (κ1) is 14.3. The number of rotatable bonds is 4. The minimum absolute atomic E-state index is 0.270. The third kappa shape index (κ3) is 3.73. The lowest BCUT2D eigenvalue weighted by Crippen LogP contribution is -2.01. The van der Waals surface area contributed by atoms with Crippen LogP contribution in [0.3, 0.4) is 0 Å². The predicted molar refractivity (Wildman–Crippen MR) is 89.3 cm³/mol. The molecule has 0 saturated carbocycles. The summed E-state index contributed by atoms with van der Waals surface area (Å²) in [6.07, 6.45) is 3.62. The monoisotopic (exact) mass is 309 g/mol. The van der Waals surface area contributed by atoms with E-state index in [-0.39, 0.29) is 5.95 Å². The molecule has 110 valence electrons. The van der Waals surface area contributed by atoms with Gasteiger partial charge in [0.15, 0.2) is 0 Å². The van der Waals surface area contributed by atoms with Gasteiger partial charge in [0.1, 0.15) is 5.82 Å². The van der Waals surface area contributed by atoms with Crippen LogP contribution in [0.4, 0.5) is 17.5 Å². The Labute approximate surface area is 133 Å². The first-order valence-electron chi connectivity index (χ1n) is 6.75. The van der Waals surface area contributed by atoms with Crippen LogP contribution in [0.25, 0.3) is 0 Å². The second-order valence-electron chi connectivity index (χ2n) is 4.69. The van der Waals surface area contributed by atoms with Gasteiger partial charge in [0.2, 0.25) is 5.95 Å². The first-order chi connectivity index (χ1) is 10.7. The smallest absolute Gasteiger partial charge is 0.222 e. The van der Waals surface area contributed by atoms with Gasteiger partial charge in [-0.1, -0.05) is 11.8 Å². The summed E-state index contributed by atoms with van der Waals surface area (Å²) < 4.78 is 0. The van der Waals surface area contributed by atoms with Crippen molar-refractivity contribution in [2.45, 2.75) is 16.7 Å². The second-order valence-corrected chi connectivity index (χ2v) is 5.84. The van der Waals surface area contributed by atoms with Crippen molar-refractivity contribution >= 4 is 29.2 Å². The second kappa shape index (κ2) is 6.44. The number of nitrogens with two attached hydrogens (primary N) is 1. The van der Waals surface area contributed by atoms with Gasteiger partial charge in [-0.2, -0.15) is 4.98 Å². The molecule has 0 bridgehead atoms. The maximum absolute atomic E-state index is 5.65. The van der Waals surface area contributed by atoms with Crippen molar-refractivity contribution in [1.29, 1.82) is 0 Å². The fourth-order valence-corrected chi connectivity index (χ4v) is 2.76. The van der Waals surface area contributed by atoms with Gasteiger partial charge in [0.05, 0.1) is 0 Å². The Morgan fingerprint density at radius 1 is 1.05 bits per heavy atom. The van der Waals surface area contributed by atoms with Gasteiger partial charge in [-0.3, -0.25) is 4.98 Å². The number of aryl methyl sites for hydroxylation is 1. The molecule has 0 amide bonds. The van der Waals surface area contributed by atoms with Gasteiger partial charge in [-0.05, 0) is 43.3 Å². The molecule has 0 aliphatic heterocycles. The number of aromatic nitrogens is 3. The molecule has 0 radical (unpaired) electrons. The highest BCUT2D eigenvalue weighted by molar-refractivity contribution is 7.99. The van der Waals surface area contributed by atoms with E-state index < -0.39 is 0 Å². The summed E-state index contributed by atoms with van der Waals surface area (Å²) in [5, 5.41) is 3.22. The summed E-state index contributed by atoms with van der Waals surface area (Å²) in [7, 11) is 0. The molecule has 3 aromatic rings. The van der Waals surface area contributed by atoms with Gasteiger partial charge in [-0.15, -0.1) is 0 Å². The summed E-state index contributed by atoms with van der Waals surface area (Å²) in [4.78, 5) is 14.6. The van der Waals surface area contributed by atoms with Crippen molar-refractivity contribution in [2.75, 3.05) is 11.1 Å². The normalized spacial score (nSPS) is 10.4. The third-order valence-electron chi connectivity index (χ3n) is 2.87. The van der Waals surface area contributed by atoms with Crippen LogP contribution in [0, 0.1) is 6.92 Å². The molecular formula is C16H15N5S. The lowest BCUT2D eigenvalue weighted by Gasteiger charge is -2.08. The van der Waals surface area contributed by atoms with Crippen LogP contribution in [0.2, 0.25) is 0 Å². The number of nitrogens with zero attached hydrogens (tertiary/aromatic N) is 3. The van der Waals surface area contributed by atoms with Crippen molar-refractivity contribution in [3.05, 3.63) is 60.6 Å². The summed E-state index contributed by atoms with van der Waals surface area (Å²) in [6, 6.07) is 13.9. The van der Waals surface area contributed by atoms with Crippen LogP contribution >= 0.6 is 11.8 Å². The Balaban J connectivity index is 1.71. The Kier molecular flexibility index (Phi) is 4.20. The molecule has 3 N–H and O–H groups in total. The number of hydrogen-bond donors (Lipinski definition) is 2. The lowest BCUT2D eigenvalue weighted by molar-refractivity contribution is 1.12. The lowest BCUT2D eigenvalue weighted by atomic mass is 10.3. The summed E-state index contributed by atoms with van der Waals surface area (Å²) in [5.74, 6) is 0.962. The Hall–Kier alpha value is -2.60. The number of pyridine rings is 1. The predicted octanol–water partition coefficient (Wildman–Crippen LogP) is 3.66. The summed E-state index contributed by atoms with van der Waals surface area (Å²) >= 11 is 1.67. The van der Waals surface area contributed by atoms with E-state index in [0.29, 0.717) is 5.82 Å². The van der Waals surface area contributed by atoms with Crippen LogP contribution in [0.5, 0.6) is 0 Å². The van der Waals surface area contributed by atoms with Crippen molar-refractivity contribution in [2.24, 2.45) is 0 Å². The third-order valence-corrected chi connectivity index (χ3v) is 3.85. The van der Waals surface area contributed by atoms with Gasteiger partial charge in [0.25, 0.3) is 0 Å². The molecule has 0 spiro atoms. The standard InChI is InChI=1S/C16H15N5S/c1-11-9-15(21-16(17)19-11)20-12-4-6-13(7-5-12)22-14-3-2-8-18-10-14/h2-10H,1H3,(H3,17,19,20,21). The van der Waals surface area contributed by atoms with E-state index in [4.69, 9.17) is 5.73 Å². The molecule has 6 heteroatoms. The van der Waals surface area contributed by atoms with Gasteiger partial charge in [0, 0.05) is 39.6 Å². The van der Waals surface area contributed by atoms with Crippen LogP contribution < -0.4 is 11.1 Å². The molecular weight excluding hydrogens is 294 g/mol. The van der Waals surface area contributed by atoms with Crippen molar-refractivity contribution in [1.82, 2.24) is 15.0 Å². The molecule has 0 unspecified atom stereocenters. The maximum atomic E-state index is 5.65. The molecule has 0 aliphatic carbocycles. The van der Waals surface area contributed by atoms with E-state index in [2.05, 4.69) is 32.4 Å². The Morgan fingerprint density at radius 2 is 1.86 bits per heavy atom. The van der Waals surface area contributed by atoms with Gasteiger partial charge < -0.3 is 11.1 Å². The van der Waals surface area contributed by atoms with Crippen molar-refractivity contribution < 1.29 is 0 Å². The topological polar surface area (TPSA) is 76.7 Å². The zero-order valence-corrected chi connectivity index (χ0v) is 12.8. The molecule has 2 heterocycles. The van der Waals surface area contributed by atoms with E-state index in [1.54, 1.807) is 18.0 Å². The molecule has 2 aromatic heterocycles. The summed E-state index contributed by atoms with van der Waals surface area (Å²) in [5.41, 5.74) is 7.44. The fourth-order valence-electron chi connectivity index (χ4n) is 1.95. The quantitative estimate of drug-likeness (QED) is 0.766. The number of nitrogen functional groups attached to an aromatic ring is 1. The number of hydrogen-bond acceptors (Lipinski definition) is 6. The van der Waals surface area contributed by atoms with E-state index in [0.717, 1.165) is 21.2 Å². The first-order valence-corrected chi connectivity index (χ1v) is 7.57. The van der Waals surface area contributed by atoms with E-state index in [1.165, 1.54) is 0 Å². The van der Waals surface area contributed by atoms with Crippen molar-refractivity contribution in [3.63, 3.8) is 0 Å². The number of anilines is 3. The molecule has 0 aliphatic rings. The largest absolute Gasteiger partial charge is 0.368 e. The van der Waals surface area contributed by atoms with Gasteiger partial charge in [-0.25, -0.2) is 4.98 Å². The average molecular weight is 309 g/mol. The summed E-state index contributed by atoms with van der Waals surface area (Å²) in [6.45, 7) is 1.89. The van der Waals surface area contributed by atoms with Crippen LogP contribution in [0.1, 0.15) is 5.69 Å². The molecule has 0 atom stereocenters. The molecule has 22 heavy (non-hydrogen) atoms.